The molecule has 2 unspecified atom stereocenters. The third kappa shape index (κ3) is 13.3. The minimum absolute atomic E-state index is 0. The molecular weight excluding hydrogens is 703 g/mol. The zero-order chi connectivity index (χ0) is 40.8. The molecule has 12 heteroatoms. The van der Waals surface area contributed by atoms with Crippen LogP contribution in [0.25, 0.3) is 0 Å². The average Bonchev–Trinajstić information content (AvgIpc) is 3.67. The van der Waals surface area contributed by atoms with Gasteiger partial charge in [-0.1, -0.05) is 122 Å². The molecule has 6 atom stereocenters. The molecule has 54 heavy (non-hydrogen) atoms. The maximum Gasteiger partial charge on any atom is 0.317 e. The number of rotatable bonds is 12. The van der Waals surface area contributed by atoms with E-state index in [1.807, 2.05) is 32.0 Å². The molecule has 308 valence electrons. The van der Waals surface area contributed by atoms with Crippen molar-refractivity contribution in [3.8, 4) is 0 Å². The number of methoxy groups -OCH3 is 1. The molecule has 3 aliphatic rings. The Hall–Kier alpha value is -2.52. The lowest BCUT2D eigenvalue weighted by Crippen LogP contribution is -2.41. The highest BCUT2D eigenvalue weighted by Crippen LogP contribution is 2.45. The van der Waals surface area contributed by atoms with Crippen LogP contribution in [0.15, 0.2) is 60.7 Å². The lowest BCUT2D eigenvalue weighted by molar-refractivity contribution is -0.153. The molecule has 5 N–H and O–H groups in total. The van der Waals surface area contributed by atoms with Crippen molar-refractivity contribution < 1.29 is 40.9 Å². The standard InChI is InChI=1S/C15H23NO2.C13H23NOSi.C8H17NO2.C6H8O3.H2/c1-14(11-17)9-16(10-15(14,2)12-18)8-13-6-4-3-5-7-13;1-15-11-14(12-16(2,3)4)10-13-8-6-5-7-9-13;1-7(5-10)3-9-4-8(7,2)6-11;1-3-4(2)6(8)9-5(3)7;/h3-7,17-18H,8-12H2,1-2H3;5-9H,10-12H2,1-4H3;9-11H,3-6H2,1-2H3;3-4H,1-2H3;1H/t14-,15+;;7-,8+;;. The van der Waals surface area contributed by atoms with Gasteiger partial charge in [-0.25, -0.2) is 0 Å². The fourth-order valence-corrected chi connectivity index (χ4v) is 8.47. The summed E-state index contributed by atoms with van der Waals surface area (Å²) in [7, 11) is 0.701. The van der Waals surface area contributed by atoms with Gasteiger partial charge in [0, 0.05) is 69.5 Å². The molecule has 0 radical (unpaired) electrons. The van der Waals surface area contributed by atoms with Crippen molar-refractivity contribution in [2.24, 2.45) is 33.5 Å². The number of hydrogen-bond acceptors (Lipinski definition) is 11. The first-order valence-corrected chi connectivity index (χ1v) is 22.9. The monoisotopic (exact) mass is 776 g/mol. The minimum Gasteiger partial charge on any atom is -0.396 e. The zero-order valence-corrected chi connectivity index (χ0v) is 35.7. The Balaban J connectivity index is 0.000000377. The van der Waals surface area contributed by atoms with E-state index in [-0.39, 0.29) is 61.3 Å². The summed E-state index contributed by atoms with van der Waals surface area (Å²) in [6.45, 7) is 25.0. The predicted octanol–water partition coefficient (Wildman–Crippen LogP) is 4.64. The van der Waals surface area contributed by atoms with Crippen molar-refractivity contribution in [2.75, 3.05) is 72.6 Å². The number of carbonyl (C=O) groups excluding carboxylic acids is 2. The fraction of sp³-hybridized carbons (Fsp3) is 0.667. The van der Waals surface area contributed by atoms with E-state index in [2.05, 4.69) is 95.8 Å². The molecule has 0 amide bonds. The first-order chi connectivity index (χ1) is 25.2. The summed E-state index contributed by atoms with van der Waals surface area (Å²) >= 11 is 0. The Bertz CT molecular complexity index is 1370. The fourth-order valence-electron chi connectivity index (χ4n) is 6.93. The Kier molecular flexibility index (Phi) is 18.6. The van der Waals surface area contributed by atoms with E-state index in [0.29, 0.717) is 0 Å². The summed E-state index contributed by atoms with van der Waals surface area (Å²) in [5.41, 5.74) is 1.86. The Morgan fingerprint density at radius 2 is 1.17 bits per heavy atom. The summed E-state index contributed by atoms with van der Waals surface area (Å²) < 4.78 is 9.58. The zero-order valence-electron chi connectivity index (χ0n) is 34.7. The van der Waals surface area contributed by atoms with Crippen LogP contribution in [-0.2, 0) is 32.2 Å². The molecule has 0 saturated carbocycles. The van der Waals surface area contributed by atoms with Gasteiger partial charge in [0.15, 0.2) is 0 Å². The van der Waals surface area contributed by atoms with Gasteiger partial charge >= 0.3 is 11.9 Å². The van der Waals surface area contributed by atoms with Crippen molar-refractivity contribution in [2.45, 2.75) is 74.3 Å². The maximum absolute atomic E-state index is 10.6. The van der Waals surface area contributed by atoms with E-state index in [4.69, 9.17) is 14.9 Å². The molecule has 0 aliphatic carbocycles. The Labute approximate surface area is 327 Å². The van der Waals surface area contributed by atoms with Gasteiger partial charge in [0.1, 0.15) is 0 Å². The molecule has 3 aliphatic heterocycles. The van der Waals surface area contributed by atoms with Crippen LogP contribution in [0.1, 0.15) is 54.1 Å². The van der Waals surface area contributed by atoms with E-state index in [0.717, 1.165) is 46.0 Å². The van der Waals surface area contributed by atoms with Crippen molar-refractivity contribution in [1.29, 1.82) is 0 Å². The second-order valence-corrected chi connectivity index (χ2v) is 23.3. The van der Waals surface area contributed by atoms with Gasteiger partial charge in [-0.15, -0.1) is 0 Å². The summed E-state index contributed by atoms with van der Waals surface area (Å²) in [6.07, 6.45) is 1.18. The highest BCUT2D eigenvalue weighted by Gasteiger charge is 2.51. The topological polar surface area (TPSA) is 152 Å². The molecular formula is C42H73N3O8Si. The first kappa shape index (κ1) is 47.6. The molecule has 2 aromatic rings. The lowest BCUT2D eigenvalue weighted by Gasteiger charge is -2.37. The number of aliphatic hydroxyl groups is 4. The predicted molar refractivity (Wildman–Crippen MR) is 219 cm³/mol. The average molecular weight is 776 g/mol. The number of benzene rings is 2. The van der Waals surface area contributed by atoms with E-state index in [9.17, 15) is 19.8 Å². The normalized spacial score (nSPS) is 29.5. The number of nitrogens with one attached hydrogen (secondary N) is 1. The van der Waals surface area contributed by atoms with Crippen molar-refractivity contribution in [1.82, 2.24) is 15.1 Å². The highest BCUT2D eigenvalue weighted by atomic mass is 28.3. The number of esters is 2. The number of hydrogen-bond donors (Lipinski definition) is 5. The van der Waals surface area contributed by atoms with Crippen molar-refractivity contribution >= 4 is 20.0 Å². The molecule has 5 rings (SSSR count). The number of likely N-dealkylation sites (tertiary alicyclic amines) is 1. The SMILES string of the molecule is CC1C(=O)OC(=O)C1C.COCN(Cc1ccccc1)C[Si](C)(C)C.C[C@]1(CO)CN(Cc2ccccc2)C[C@@]1(C)CO.C[C@]1(CO)CNC[C@@]1(C)CO.[HH]. The second-order valence-electron chi connectivity index (χ2n) is 17.9. The Morgan fingerprint density at radius 3 is 1.50 bits per heavy atom. The smallest absolute Gasteiger partial charge is 0.317 e. The van der Waals surface area contributed by atoms with Gasteiger partial charge < -0.3 is 35.2 Å². The van der Waals surface area contributed by atoms with Gasteiger partial charge in [0.05, 0.1) is 53.1 Å². The quantitative estimate of drug-likeness (QED) is 0.0888. The van der Waals surface area contributed by atoms with Gasteiger partial charge in [-0.05, 0) is 17.3 Å². The minimum atomic E-state index is -1.07. The molecule has 3 fully saturated rings. The van der Waals surface area contributed by atoms with Crippen LogP contribution in [0, 0.1) is 33.5 Å². The lowest BCUT2D eigenvalue weighted by atomic mass is 9.69. The number of cyclic esters (lactones) is 2. The van der Waals surface area contributed by atoms with E-state index in [1.165, 1.54) is 17.3 Å². The van der Waals surface area contributed by atoms with Gasteiger partial charge in [0.25, 0.3) is 0 Å². The largest absolute Gasteiger partial charge is 0.396 e. The molecule has 11 nitrogen and oxygen atoms in total. The van der Waals surface area contributed by atoms with Crippen LogP contribution in [0.4, 0.5) is 0 Å². The third-order valence-electron chi connectivity index (χ3n) is 11.7. The van der Waals surface area contributed by atoms with Crippen LogP contribution in [0.2, 0.25) is 19.6 Å². The van der Waals surface area contributed by atoms with Gasteiger partial charge in [-0.3, -0.25) is 19.4 Å². The molecule has 3 heterocycles. The van der Waals surface area contributed by atoms with Crippen LogP contribution in [0.5, 0.6) is 0 Å². The highest BCUT2D eigenvalue weighted by molar-refractivity contribution is 6.76. The summed E-state index contributed by atoms with van der Waals surface area (Å²) in [4.78, 5) is 25.8. The van der Waals surface area contributed by atoms with Crippen molar-refractivity contribution in [3.05, 3.63) is 71.8 Å². The number of ether oxygens (including phenoxy) is 2. The Morgan fingerprint density at radius 1 is 0.759 bits per heavy atom. The van der Waals surface area contributed by atoms with Crippen LogP contribution in [-0.4, -0.2) is 123 Å². The molecule has 3 saturated heterocycles. The summed E-state index contributed by atoms with van der Waals surface area (Å²) in [6, 6.07) is 20.9. The van der Waals surface area contributed by atoms with Crippen molar-refractivity contribution in [3.63, 3.8) is 0 Å². The third-order valence-corrected chi connectivity index (χ3v) is 13.1. The molecule has 0 aromatic heterocycles. The molecule has 0 spiro atoms. The van der Waals surface area contributed by atoms with E-state index < -0.39 is 20.0 Å². The maximum atomic E-state index is 10.6. The van der Waals surface area contributed by atoms with Crippen LogP contribution < -0.4 is 5.32 Å². The number of aliphatic hydroxyl groups excluding tert-OH is 4. The van der Waals surface area contributed by atoms with Gasteiger partial charge in [0.2, 0.25) is 0 Å². The van der Waals surface area contributed by atoms with E-state index in [1.54, 1.807) is 21.0 Å². The van der Waals surface area contributed by atoms with Crippen LogP contribution >= 0.6 is 0 Å². The number of nitrogens with zero attached hydrogens (tertiary/aromatic N) is 2. The van der Waals surface area contributed by atoms with Crippen LogP contribution in [0.3, 0.4) is 0 Å². The summed E-state index contributed by atoms with van der Waals surface area (Å²) in [5.74, 6) is -1.30. The molecule has 2 aromatic carbocycles. The van der Waals surface area contributed by atoms with Gasteiger partial charge in [-0.2, -0.15) is 0 Å². The molecule has 0 bridgehead atoms. The van der Waals surface area contributed by atoms with E-state index >= 15 is 0 Å². The first-order valence-electron chi connectivity index (χ1n) is 19.2. The summed E-state index contributed by atoms with van der Waals surface area (Å²) in [5, 5.41) is 40.7. The second kappa shape index (κ2) is 21.1. The number of carbonyl (C=O) groups is 2.